The van der Waals surface area contributed by atoms with Gasteiger partial charge < -0.3 is 15.3 Å². The number of carboxylic acids is 1. The van der Waals surface area contributed by atoms with Crippen LogP contribution in [0.4, 0.5) is 18.9 Å². The number of benzene rings is 3. The molecule has 1 aliphatic heterocycles. The van der Waals surface area contributed by atoms with Crippen LogP contribution in [-0.4, -0.2) is 66.2 Å². The van der Waals surface area contributed by atoms with Gasteiger partial charge in [-0.3, -0.25) is 9.69 Å². The zero-order valence-electron chi connectivity index (χ0n) is 21.4. The van der Waals surface area contributed by atoms with E-state index in [9.17, 15) is 18.0 Å². The Kier molecular flexibility index (Phi) is 10.2. The molecule has 0 spiro atoms. The van der Waals surface area contributed by atoms with E-state index in [1.165, 1.54) is 18.5 Å². The van der Waals surface area contributed by atoms with E-state index in [1.54, 1.807) is 24.3 Å². The molecule has 2 N–H and O–H groups in total. The SMILES string of the molecule is CN1CCCN(Cc2ccc(-c3cccc(NC(=O)c4ccc(C#N)cc4)c3)cc2)CC1.O=C(O)C(F)(F)F. The largest absolute Gasteiger partial charge is 0.490 e. The van der Waals surface area contributed by atoms with Crippen LogP contribution in [0.1, 0.15) is 27.9 Å². The second-order valence-corrected chi connectivity index (χ2v) is 9.16. The fourth-order valence-corrected chi connectivity index (χ4v) is 3.99. The van der Waals surface area contributed by atoms with E-state index in [4.69, 9.17) is 15.2 Å². The van der Waals surface area contributed by atoms with E-state index in [1.807, 2.05) is 18.2 Å². The van der Waals surface area contributed by atoms with E-state index in [0.29, 0.717) is 11.1 Å². The number of alkyl halides is 3. The third kappa shape index (κ3) is 9.25. The molecule has 3 aromatic rings. The molecule has 3 aromatic carbocycles. The van der Waals surface area contributed by atoms with Crippen LogP contribution >= 0.6 is 0 Å². The summed E-state index contributed by atoms with van der Waals surface area (Å²) in [4.78, 5) is 26.4. The van der Waals surface area contributed by atoms with Crippen LogP contribution in [0.3, 0.4) is 0 Å². The lowest BCUT2D eigenvalue weighted by Crippen LogP contribution is -2.28. The van der Waals surface area contributed by atoms with Gasteiger partial charge in [0.2, 0.25) is 0 Å². The minimum Gasteiger partial charge on any atom is -0.475 e. The van der Waals surface area contributed by atoms with Gasteiger partial charge in [-0.2, -0.15) is 18.4 Å². The second kappa shape index (κ2) is 13.6. The summed E-state index contributed by atoms with van der Waals surface area (Å²) in [6, 6.07) is 25.3. The van der Waals surface area contributed by atoms with E-state index >= 15 is 0 Å². The maximum absolute atomic E-state index is 12.5. The smallest absolute Gasteiger partial charge is 0.475 e. The topological polar surface area (TPSA) is 96.7 Å². The first-order valence-corrected chi connectivity index (χ1v) is 12.3. The van der Waals surface area contributed by atoms with Crippen molar-refractivity contribution in [2.45, 2.75) is 19.1 Å². The number of amides is 1. The van der Waals surface area contributed by atoms with Crippen molar-refractivity contribution in [2.75, 3.05) is 38.5 Å². The minimum atomic E-state index is -5.08. The third-order valence-electron chi connectivity index (χ3n) is 6.14. The molecule has 1 amide bonds. The number of nitrogens with zero attached hydrogens (tertiary/aromatic N) is 3. The Bertz CT molecular complexity index is 1300. The summed E-state index contributed by atoms with van der Waals surface area (Å²) in [5.41, 5.74) is 5.32. The Morgan fingerprint density at radius 3 is 2.23 bits per heavy atom. The highest BCUT2D eigenvalue weighted by Gasteiger charge is 2.38. The van der Waals surface area contributed by atoms with Crippen molar-refractivity contribution in [1.82, 2.24) is 9.80 Å². The van der Waals surface area contributed by atoms with Gasteiger partial charge in [-0.1, -0.05) is 36.4 Å². The number of nitrogens with one attached hydrogen (secondary N) is 1. The molecule has 10 heteroatoms. The van der Waals surface area contributed by atoms with E-state index < -0.39 is 12.1 Å². The van der Waals surface area contributed by atoms with Crippen molar-refractivity contribution in [3.05, 3.63) is 89.5 Å². The number of hydrogen-bond donors (Lipinski definition) is 2. The number of carbonyl (C=O) groups excluding carboxylic acids is 1. The van der Waals surface area contributed by atoms with E-state index in [2.05, 4.69) is 58.6 Å². The summed E-state index contributed by atoms with van der Waals surface area (Å²) in [5.74, 6) is -2.95. The predicted octanol–water partition coefficient (Wildman–Crippen LogP) is 5.25. The first-order chi connectivity index (χ1) is 18.5. The predicted molar refractivity (Wildman–Crippen MR) is 142 cm³/mol. The molecule has 0 aromatic heterocycles. The van der Waals surface area contributed by atoms with Crippen molar-refractivity contribution in [2.24, 2.45) is 0 Å². The zero-order chi connectivity index (χ0) is 28.4. The molecule has 1 aliphatic rings. The number of rotatable bonds is 5. The van der Waals surface area contributed by atoms with Gasteiger partial charge in [-0.25, -0.2) is 4.79 Å². The van der Waals surface area contributed by atoms with Crippen LogP contribution in [0, 0.1) is 11.3 Å². The lowest BCUT2D eigenvalue weighted by Gasteiger charge is -2.20. The molecule has 1 saturated heterocycles. The maximum Gasteiger partial charge on any atom is 0.490 e. The number of likely N-dealkylation sites (N-methyl/N-ethyl adjacent to an activating group) is 1. The van der Waals surface area contributed by atoms with Crippen molar-refractivity contribution in [3.8, 4) is 17.2 Å². The van der Waals surface area contributed by atoms with Gasteiger partial charge in [0.25, 0.3) is 5.91 Å². The number of aliphatic carboxylic acids is 1. The zero-order valence-corrected chi connectivity index (χ0v) is 21.4. The number of anilines is 1. The molecule has 0 bridgehead atoms. The Labute approximate surface area is 225 Å². The Balaban J connectivity index is 0.000000532. The molecule has 1 heterocycles. The first-order valence-electron chi connectivity index (χ1n) is 12.3. The highest BCUT2D eigenvalue weighted by molar-refractivity contribution is 6.04. The van der Waals surface area contributed by atoms with Gasteiger partial charge in [-0.15, -0.1) is 0 Å². The molecule has 204 valence electrons. The van der Waals surface area contributed by atoms with E-state index in [-0.39, 0.29) is 5.91 Å². The molecule has 4 rings (SSSR count). The molecule has 39 heavy (non-hydrogen) atoms. The van der Waals surface area contributed by atoms with Gasteiger partial charge in [0, 0.05) is 30.9 Å². The fourth-order valence-electron chi connectivity index (χ4n) is 3.99. The summed E-state index contributed by atoms with van der Waals surface area (Å²) in [5, 5.41) is 19.0. The van der Waals surface area contributed by atoms with Gasteiger partial charge in [0.15, 0.2) is 0 Å². The highest BCUT2D eigenvalue weighted by atomic mass is 19.4. The Hall–Kier alpha value is -4.20. The minimum absolute atomic E-state index is 0.190. The van der Waals surface area contributed by atoms with Crippen LogP contribution in [0.15, 0.2) is 72.8 Å². The van der Waals surface area contributed by atoms with Gasteiger partial charge in [-0.05, 0) is 79.6 Å². The molecular formula is C29H29F3N4O3. The number of carbonyl (C=O) groups is 2. The van der Waals surface area contributed by atoms with Crippen LogP contribution in [0.2, 0.25) is 0 Å². The van der Waals surface area contributed by atoms with Crippen molar-refractivity contribution in [3.63, 3.8) is 0 Å². The monoisotopic (exact) mass is 538 g/mol. The molecule has 0 unspecified atom stereocenters. The normalized spacial score (nSPS) is 14.3. The van der Waals surface area contributed by atoms with Crippen LogP contribution in [0.5, 0.6) is 0 Å². The Morgan fingerprint density at radius 1 is 0.949 bits per heavy atom. The molecular weight excluding hydrogens is 509 g/mol. The van der Waals surface area contributed by atoms with Gasteiger partial charge in [0.05, 0.1) is 11.6 Å². The molecule has 7 nitrogen and oxygen atoms in total. The summed E-state index contributed by atoms with van der Waals surface area (Å²) < 4.78 is 31.7. The van der Waals surface area contributed by atoms with Crippen LogP contribution in [0.25, 0.3) is 11.1 Å². The van der Waals surface area contributed by atoms with E-state index in [0.717, 1.165) is 43.0 Å². The van der Waals surface area contributed by atoms with Crippen LogP contribution < -0.4 is 5.32 Å². The van der Waals surface area contributed by atoms with Crippen molar-refractivity contribution < 1.29 is 27.9 Å². The molecule has 1 fully saturated rings. The highest BCUT2D eigenvalue weighted by Crippen LogP contribution is 2.24. The van der Waals surface area contributed by atoms with Crippen molar-refractivity contribution >= 4 is 17.6 Å². The molecule has 0 saturated carbocycles. The summed E-state index contributed by atoms with van der Waals surface area (Å²) in [6.07, 6.45) is -3.87. The third-order valence-corrected chi connectivity index (χ3v) is 6.14. The lowest BCUT2D eigenvalue weighted by molar-refractivity contribution is -0.192. The molecule has 0 aliphatic carbocycles. The standard InChI is InChI=1S/C27H28N4O.C2HF3O2/c1-30-14-3-15-31(17-16-30)20-22-8-10-23(11-9-22)25-4-2-5-26(18-25)29-27(32)24-12-6-21(19-28)7-13-24;3-2(4,5)1(6)7/h2,4-13,18H,3,14-17,20H2,1H3,(H,29,32);(H,6,7). The van der Waals surface area contributed by atoms with Crippen LogP contribution in [-0.2, 0) is 11.3 Å². The number of carboxylic acid groups (broad SMARTS) is 1. The lowest BCUT2D eigenvalue weighted by atomic mass is 10.0. The average Bonchev–Trinajstić information content (AvgIpc) is 3.12. The second-order valence-electron chi connectivity index (χ2n) is 9.16. The maximum atomic E-state index is 12.5. The first kappa shape index (κ1) is 29.4. The summed E-state index contributed by atoms with van der Waals surface area (Å²) >= 11 is 0. The Morgan fingerprint density at radius 2 is 1.62 bits per heavy atom. The number of hydrogen-bond acceptors (Lipinski definition) is 5. The quantitative estimate of drug-likeness (QED) is 0.461. The number of nitriles is 1. The van der Waals surface area contributed by atoms with Crippen molar-refractivity contribution in [1.29, 1.82) is 5.26 Å². The summed E-state index contributed by atoms with van der Waals surface area (Å²) in [7, 11) is 2.19. The molecule has 0 atom stereocenters. The molecule has 0 radical (unpaired) electrons. The number of halogens is 3. The summed E-state index contributed by atoms with van der Waals surface area (Å²) in [6.45, 7) is 5.54. The average molecular weight is 539 g/mol. The van der Waals surface area contributed by atoms with Gasteiger partial charge in [0.1, 0.15) is 0 Å². The fraction of sp³-hybridized carbons (Fsp3) is 0.276. The van der Waals surface area contributed by atoms with Gasteiger partial charge >= 0.3 is 12.1 Å².